The molecule has 16 heavy (non-hydrogen) atoms. The van der Waals surface area contributed by atoms with Crippen molar-refractivity contribution < 1.29 is 0 Å². The summed E-state index contributed by atoms with van der Waals surface area (Å²) in [5.74, 6) is 0.695. The van der Waals surface area contributed by atoms with Gasteiger partial charge in [0.05, 0.1) is 0 Å². The largest absolute Gasteiger partial charge is 0.339 e. The summed E-state index contributed by atoms with van der Waals surface area (Å²) in [6, 6.07) is 0.224. The zero-order valence-electron chi connectivity index (χ0n) is 9.19. The molecule has 0 aliphatic carbocycles. The Morgan fingerprint density at radius 2 is 2.31 bits per heavy atom. The Labute approximate surface area is 107 Å². The summed E-state index contributed by atoms with van der Waals surface area (Å²) in [5.41, 5.74) is 6.80. The van der Waals surface area contributed by atoms with Gasteiger partial charge in [-0.3, -0.25) is 0 Å². The standard InChI is InChI=1S/C10H15ClN4.ClH/c1-7-5-13-10(14-9(7)11)15-4-2-3-8(12)6-15;/h5,8H,2-4,6,12H2,1H3;1H. The first kappa shape index (κ1) is 13.5. The second kappa shape index (κ2) is 5.66. The fourth-order valence-electron chi connectivity index (χ4n) is 1.76. The molecule has 1 fully saturated rings. The lowest BCUT2D eigenvalue weighted by atomic mass is 10.1. The Hall–Kier alpha value is -0.580. The fraction of sp³-hybridized carbons (Fsp3) is 0.600. The zero-order valence-corrected chi connectivity index (χ0v) is 10.8. The molecule has 0 amide bonds. The van der Waals surface area contributed by atoms with Crippen LogP contribution in [0.25, 0.3) is 0 Å². The highest BCUT2D eigenvalue weighted by Crippen LogP contribution is 2.18. The smallest absolute Gasteiger partial charge is 0.226 e. The minimum Gasteiger partial charge on any atom is -0.339 e. The third-order valence-corrected chi connectivity index (χ3v) is 3.02. The molecule has 0 spiro atoms. The van der Waals surface area contributed by atoms with Crippen molar-refractivity contribution in [3.05, 3.63) is 16.9 Å². The molecule has 1 aromatic heterocycles. The van der Waals surface area contributed by atoms with E-state index in [2.05, 4.69) is 14.9 Å². The Morgan fingerprint density at radius 3 is 2.94 bits per heavy atom. The van der Waals surface area contributed by atoms with E-state index in [1.807, 2.05) is 6.92 Å². The summed E-state index contributed by atoms with van der Waals surface area (Å²) < 4.78 is 0. The van der Waals surface area contributed by atoms with Gasteiger partial charge in [0.1, 0.15) is 5.15 Å². The molecule has 4 nitrogen and oxygen atoms in total. The molecule has 2 N–H and O–H groups in total. The summed E-state index contributed by atoms with van der Waals surface area (Å²) in [7, 11) is 0. The molecule has 0 saturated carbocycles. The molecule has 1 aromatic rings. The van der Waals surface area contributed by atoms with Gasteiger partial charge in [0, 0.05) is 30.9 Å². The summed E-state index contributed by atoms with van der Waals surface area (Å²) in [4.78, 5) is 10.6. The molecular formula is C10H16Cl2N4. The van der Waals surface area contributed by atoms with Gasteiger partial charge in [0.2, 0.25) is 5.95 Å². The predicted octanol–water partition coefficient (Wildman–Crippen LogP) is 1.79. The number of aryl methyl sites for hydroxylation is 1. The van der Waals surface area contributed by atoms with Crippen LogP contribution in [0.5, 0.6) is 0 Å². The van der Waals surface area contributed by atoms with Crippen LogP contribution in [0.15, 0.2) is 6.20 Å². The Kier molecular flexibility index (Phi) is 4.77. The van der Waals surface area contributed by atoms with E-state index in [0.29, 0.717) is 11.1 Å². The molecule has 1 unspecified atom stereocenters. The number of hydrogen-bond donors (Lipinski definition) is 1. The van der Waals surface area contributed by atoms with Crippen LogP contribution in [0.1, 0.15) is 18.4 Å². The van der Waals surface area contributed by atoms with E-state index in [0.717, 1.165) is 31.5 Å². The minimum atomic E-state index is 0. The topological polar surface area (TPSA) is 55.0 Å². The fourth-order valence-corrected chi connectivity index (χ4v) is 1.88. The quantitative estimate of drug-likeness (QED) is 0.785. The van der Waals surface area contributed by atoms with Crippen LogP contribution in [0.3, 0.4) is 0 Å². The molecule has 90 valence electrons. The minimum absolute atomic E-state index is 0. The highest BCUT2D eigenvalue weighted by Gasteiger charge is 2.19. The molecule has 1 saturated heterocycles. The van der Waals surface area contributed by atoms with E-state index < -0.39 is 0 Å². The SMILES string of the molecule is Cc1cnc(N2CCCC(N)C2)nc1Cl.Cl. The Bertz CT molecular complexity index is 359. The summed E-state index contributed by atoms with van der Waals surface area (Å²) in [6.45, 7) is 3.68. The van der Waals surface area contributed by atoms with Gasteiger partial charge in [-0.1, -0.05) is 11.6 Å². The van der Waals surface area contributed by atoms with Crippen molar-refractivity contribution in [3.63, 3.8) is 0 Å². The van der Waals surface area contributed by atoms with E-state index in [4.69, 9.17) is 17.3 Å². The lowest BCUT2D eigenvalue weighted by Gasteiger charge is -2.30. The van der Waals surface area contributed by atoms with Crippen molar-refractivity contribution >= 4 is 30.0 Å². The lowest BCUT2D eigenvalue weighted by molar-refractivity contribution is 0.499. The number of halogens is 2. The molecule has 1 atom stereocenters. The molecule has 2 heterocycles. The van der Waals surface area contributed by atoms with Crippen LogP contribution >= 0.6 is 24.0 Å². The third-order valence-electron chi connectivity index (χ3n) is 2.64. The van der Waals surface area contributed by atoms with Crippen molar-refractivity contribution in [1.29, 1.82) is 0 Å². The van der Waals surface area contributed by atoms with Crippen LogP contribution in [-0.4, -0.2) is 29.1 Å². The maximum Gasteiger partial charge on any atom is 0.226 e. The number of nitrogens with zero attached hydrogens (tertiary/aromatic N) is 3. The van der Waals surface area contributed by atoms with Crippen LogP contribution in [-0.2, 0) is 0 Å². The summed E-state index contributed by atoms with van der Waals surface area (Å²) in [5, 5.41) is 0.527. The molecule has 0 aromatic carbocycles. The number of rotatable bonds is 1. The highest BCUT2D eigenvalue weighted by molar-refractivity contribution is 6.30. The lowest BCUT2D eigenvalue weighted by Crippen LogP contribution is -2.43. The molecule has 1 aliphatic rings. The first-order valence-corrected chi connectivity index (χ1v) is 5.54. The number of aromatic nitrogens is 2. The second-order valence-corrected chi connectivity index (χ2v) is 4.35. The van der Waals surface area contributed by atoms with Crippen LogP contribution in [0.2, 0.25) is 5.15 Å². The van der Waals surface area contributed by atoms with Crippen molar-refractivity contribution in [2.24, 2.45) is 5.73 Å². The van der Waals surface area contributed by atoms with Gasteiger partial charge in [-0.05, 0) is 19.8 Å². The van der Waals surface area contributed by atoms with Crippen molar-refractivity contribution in [1.82, 2.24) is 9.97 Å². The molecule has 0 radical (unpaired) electrons. The van der Waals surface area contributed by atoms with Crippen LogP contribution in [0.4, 0.5) is 5.95 Å². The first-order chi connectivity index (χ1) is 7.16. The summed E-state index contributed by atoms with van der Waals surface area (Å²) in [6.07, 6.45) is 3.93. The van der Waals surface area contributed by atoms with E-state index in [1.165, 1.54) is 0 Å². The Balaban J connectivity index is 0.00000128. The number of piperidine rings is 1. The maximum absolute atomic E-state index is 5.96. The van der Waals surface area contributed by atoms with Crippen molar-refractivity contribution in [2.75, 3.05) is 18.0 Å². The van der Waals surface area contributed by atoms with Gasteiger partial charge < -0.3 is 10.6 Å². The Morgan fingerprint density at radius 1 is 1.56 bits per heavy atom. The molecular weight excluding hydrogens is 247 g/mol. The van der Waals surface area contributed by atoms with E-state index in [-0.39, 0.29) is 18.4 Å². The average molecular weight is 263 g/mol. The van der Waals surface area contributed by atoms with Gasteiger partial charge in [-0.25, -0.2) is 9.97 Å². The average Bonchev–Trinajstić information content (AvgIpc) is 2.22. The van der Waals surface area contributed by atoms with Crippen molar-refractivity contribution in [2.45, 2.75) is 25.8 Å². The third kappa shape index (κ3) is 2.97. The highest BCUT2D eigenvalue weighted by atomic mass is 35.5. The zero-order chi connectivity index (χ0) is 10.8. The van der Waals surface area contributed by atoms with Gasteiger partial charge in [0.15, 0.2) is 0 Å². The number of nitrogens with two attached hydrogens (primary N) is 1. The monoisotopic (exact) mass is 262 g/mol. The van der Waals surface area contributed by atoms with Crippen molar-refractivity contribution in [3.8, 4) is 0 Å². The van der Waals surface area contributed by atoms with Gasteiger partial charge in [0.25, 0.3) is 0 Å². The van der Waals surface area contributed by atoms with Gasteiger partial charge in [-0.2, -0.15) is 0 Å². The molecule has 6 heteroatoms. The molecule has 2 rings (SSSR count). The van der Waals surface area contributed by atoms with E-state index in [9.17, 15) is 0 Å². The van der Waals surface area contributed by atoms with E-state index in [1.54, 1.807) is 6.20 Å². The maximum atomic E-state index is 5.96. The number of anilines is 1. The predicted molar refractivity (Wildman–Crippen MR) is 68.4 cm³/mol. The number of hydrogen-bond acceptors (Lipinski definition) is 4. The van der Waals surface area contributed by atoms with Crippen LogP contribution in [0, 0.1) is 6.92 Å². The molecule has 1 aliphatic heterocycles. The second-order valence-electron chi connectivity index (χ2n) is 3.99. The van der Waals surface area contributed by atoms with Gasteiger partial charge >= 0.3 is 0 Å². The van der Waals surface area contributed by atoms with E-state index >= 15 is 0 Å². The summed E-state index contributed by atoms with van der Waals surface area (Å²) >= 11 is 5.96. The normalized spacial score (nSPS) is 20.4. The first-order valence-electron chi connectivity index (χ1n) is 5.16. The van der Waals surface area contributed by atoms with Crippen LogP contribution < -0.4 is 10.6 Å². The molecule has 0 bridgehead atoms. The van der Waals surface area contributed by atoms with Gasteiger partial charge in [-0.15, -0.1) is 12.4 Å².